The van der Waals surface area contributed by atoms with Gasteiger partial charge in [0.05, 0.1) is 23.7 Å². The number of nitro groups is 1. The fraction of sp³-hybridized carbons (Fsp3) is 0.571. The molecule has 0 radical (unpaired) electrons. The van der Waals surface area contributed by atoms with E-state index in [1.165, 1.54) is 6.07 Å². The molecule has 1 fully saturated rings. The number of hydrogen-bond donors (Lipinski definition) is 2. The van der Waals surface area contributed by atoms with Crippen molar-refractivity contribution in [3.05, 3.63) is 33.9 Å². The van der Waals surface area contributed by atoms with Gasteiger partial charge in [0.15, 0.2) is 0 Å². The summed E-state index contributed by atoms with van der Waals surface area (Å²) in [6.07, 6.45) is -0.168. The molecule has 2 atom stereocenters. The van der Waals surface area contributed by atoms with E-state index in [-0.39, 0.29) is 29.4 Å². The van der Waals surface area contributed by atoms with Gasteiger partial charge in [0.25, 0.3) is 5.69 Å². The van der Waals surface area contributed by atoms with Crippen molar-refractivity contribution in [3.63, 3.8) is 0 Å². The van der Waals surface area contributed by atoms with Crippen LogP contribution in [0.1, 0.15) is 12.5 Å². The highest BCUT2D eigenvalue weighted by Gasteiger charge is 2.25. The molecule has 116 valence electrons. The fourth-order valence-corrected chi connectivity index (χ4v) is 2.68. The van der Waals surface area contributed by atoms with Crippen LogP contribution in [0.3, 0.4) is 0 Å². The molecule has 2 rings (SSSR count). The zero-order valence-corrected chi connectivity index (χ0v) is 12.3. The second kappa shape index (κ2) is 6.84. The monoisotopic (exact) mass is 295 g/mol. The van der Waals surface area contributed by atoms with Crippen LogP contribution < -0.4 is 5.32 Å². The first-order valence-electron chi connectivity index (χ1n) is 6.97. The van der Waals surface area contributed by atoms with Crippen molar-refractivity contribution in [2.24, 2.45) is 0 Å². The molecule has 0 amide bonds. The Balaban J connectivity index is 2.17. The summed E-state index contributed by atoms with van der Waals surface area (Å²) in [5, 5.41) is 23.2. The highest BCUT2D eigenvalue weighted by atomic mass is 16.6. The van der Waals surface area contributed by atoms with Crippen molar-refractivity contribution in [1.82, 2.24) is 4.90 Å². The summed E-state index contributed by atoms with van der Waals surface area (Å²) in [4.78, 5) is 12.7. The van der Waals surface area contributed by atoms with E-state index in [0.717, 1.165) is 17.8 Å². The first-order valence-corrected chi connectivity index (χ1v) is 6.97. The zero-order valence-electron chi connectivity index (χ0n) is 12.3. The molecule has 1 aromatic rings. The van der Waals surface area contributed by atoms with Crippen LogP contribution in [-0.4, -0.2) is 53.9 Å². The van der Waals surface area contributed by atoms with Gasteiger partial charge in [-0.3, -0.25) is 15.0 Å². The van der Waals surface area contributed by atoms with Crippen LogP contribution in [-0.2, 0) is 11.3 Å². The van der Waals surface area contributed by atoms with Gasteiger partial charge in [-0.25, -0.2) is 0 Å². The van der Waals surface area contributed by atoms with E-state index in [1.807, 2.05) is 6.92 Å². The van der Waals surface area contributed by atoms with Gasteiger partial charge in [0.2, 0.25) is 0 Å². The predicted octanol–water partition coefficient (Wildman–Crippen LogP) is 1.22. The quantitative estimate of drug-likeness (QED) is 0.627. The third-order valence-corrected chi connectivity index (χ3v) is 3.57. The molecule has 0 aliphatic carbocycles. The molecule has 1 heterocycles. The lowest BCUT2D eigenvalue weighted by molar-refractivity contribution is -0.384. The van der Waals surface area contributed by atoms with Crippen molar-refractivity contribution >= 4 is 11.4 Å². The van der Waals surface area contributed by atoms with Gasteiger partial charge in [-0.05, 0) is 18.6 Å². The highest BCUT2D eigenvalue weighted by Crippen LogP contribution is 2.24. The van der Waals surface area contributed by atoms with E-state index in [9.17, 15) is 15.2 Å². The van der Waals surface area contributed by atoms with E-state index in [2.05, 4.69) is 10.2 Å². The molecule has 21 heavy (non-hydrogen) atoms. The van der Waals surface area contributed by atoms with Gasteiger partial charge in [-0.2, -0.15) is 0 Å². The summed E-state index contributed by atoms with van der Waals surface area (Å²) in [5.41, 5.74) is 1.83. The van der Waals surface area contributed by atoms with Crippen molar-refractivity contribution in [3.8, 4) is 0 Å². The van der Waals surface area contributed by atoms with Gasteiger partial charge in [0.1, 0.15) is 0 Å². The number of ether oxygens (including phenoxy) is 1. The molecule has 1 aromatic carbocycles. The number of aliphatic hydroxyl groups is 1. The highest BCUT2D eigenvalue weighted by molar-refractivity contribution is 5.55. The number of anilines is 1. The number of benzene rings is 1. The average Bonchev–Trinajstić information content (AvgIpc) is 2.46. The van der Waals surface area contributed by atoms with Crippen LogP contribution in [0.15, 0.2) is 18.2 Å². The van der Waals surface area contributed by atoms with Crippen LogP contribution in [0.4, 0.5) is 11.4 Å². The molecule has 0 bridgehead atoms. The third-order valence-electron chi connectivity index (χ3n) is 3.57. The summed E-state index contributed by atoms with van der Waals surface area (Å²) in [5.74, 6) is 0. The normalized spacial score (nSPS) is 23.0. The summed E-state index contributed by atoms with van der Waals surface area (Å²) < 4.78 is 5.61. The second-order valence-electron chi connectivity index (χ2n) is 5.29. The molecule has 7 nitrogen and oxygen atoms in total. The SMILES string of the molecule is CNc1ccc([N+](=O)[O-])cc1CN1CC(C)OC(CO)C1. The molecule has 2 N–H and O–H groups in total. The first-order chi connectivity index (χ1) is 10.0. The minimum absolute atomic E-state index is 0.0192. The van der Waals surface area contributed by atoms with Gasteiger partial charge < -0.3 is 15.2 Å². The zero-order chi connectivity index (χ0) is 15.4. The van der Waals surface area contributed by atoms with E-state index < -0.39 is 0 Å². The standard InChI is InChI=1S/C14H21N3O4/c1-10-6-16(8-13(9-18)21-10)7-11-5-12(17(19)20)3-4-14(11)15-2/h3-5,10,13,15,18H,6-9H2,1-2H3. The molecule has 1 aliphatic rings. The molecule has 0 spiro atoms. The van der Waals surface area contributed by atoms with E-state index >= 15 is 0 Å². The second-order valence-corrected chi connectivity index (χ2v) is 5.29. The minimum Gasteiger partial charge on any atom is -0.394 e. The Hall–Kier alpha value is -1.70. The van der Waals surface area contributed by atoms with Gasteiger partial charge >= 0.3 is 0 Å². The molecule has 1 saturated heterocycles. The average molecular weight is 295 g/mol. The molecule has 1 aliphatic heterocycles. The summed E-state index contributed by atoms with van der Waals surface area (Å²) in [7, 11) is 1.79. The smallest absolute Gasteiger partial charge is 0.269 e. The van der Waals surface area contributed by atoms with Gasteiger partial charge in [0, 0.05) is 44.5 Å². The van der Waals surface area contributed by atoms with Crippen LogP contribution in [0.25, 0.3) is 0 Å². The van der Waals surface area contributed by atoms with Crippen LogP contribution in [0.2, 0.25) is 0 Å². The molecule has 2 unspecified atom stereocenters. The predicted molar refractivity (Wildman–Crippen MR) is 79.3 cm³/mol. The van der Waals surface area contributed by atoms with Gasteiger partial charge in [-0.1, -0.05) is 0 Å². The van der Waals surface area contributed by atoms with Crippen molar-refractivity contribution in [2.75, 3.05) is 32.1 Å². The Bertz CT molecular complexity index is 509. The Kier molecular flexibility index (Phi) is 5.11. The molecule has 0 saturated carbocycles. The van der Waals surface area contributed by atoms with Crippen LogP contribution in [0, 0.1) is 10.1 Å². The van der Waals surface area contributed by atoms with Crippen molar-refractivity contribution < 1.29 is 14.8 Å². The largest absolute Gasteiger partial charge is 0.394 e. The number of hydrogen-bond acceptors (Lipinski definition) is 6. The summed E-state index contributed by atoms with van der Waals surface area (Å²) in [6.45, 7) is 3.88. The van der Waals surface area contributed by atoms with Crippen molar-refractivity contribution in [1.29, 1.82) is 0 Å². The van der Waals surface area contributed by atoms with Crippen LogP contribution >= 0.6 is 0 Å². The topological polar surface area (TPSA) is 87.9 Å². The van der Waals surface area contributed by atoms with E-state index in [0.29, 0.717) is 13.1 Å². The first kappa shape index (κ1) is 15.7. The Labute approximate surface area is 123 Å². The van der Waals surface area contributed by atoms with Crippen molar-refractivity contribution in [2.45, 2.75) is 25.7 Å². The number of non-ortho nitro benzene ring substituents is 1. The Morgan fingerprint density at radius 1 is 1.52 bits per heavy atom. The Morgan fingerprint density at radius 3 is 2.90 bits per heavy atom. The molecular formula is C14H21N3O4. The maximum atomic E-state index is 10.9. The number of rotatable bonds is 5. The maximum absolute atomic E-state index is 10.9. The number of nitrogens with one attached hydrogen (secondary N) is 1. The summed E-state index contributed by atoms with van der Waals surface area (Å²) in [6, 6.07) is 4.81. The number of nitro benzene ring substituents is 1. The molecular weight excluding hydrogens is 274 g/mol. The van der Waals surface area contributed by atoms with E-state index in [1.54, 1.807) is 19.2 Å². The molecule has 7 heteroatoms. The number of nitrogens with zero attached hydrogens (tertiary/aromatic N) is 2. The van der Waals surface area contributed by atoms with Gasteiger partial charge in [-0.15, -0.1) is 0 Å². The molecule has 0 aromatic heterocycles. The lowest BCUT2D eigenvalue weighted by atomic mass is 10.1. The Morgan fingerprint density at radius 2 is 2.29 bits per heavy atom. The maximum Gasteiger partial charge on any atom is 0.269 e. The third kappa shape index (κ3) is 3.90. The summed E-state index contributed by atoms with van der Waals surface area (Å²) >= 11 is 0. The lowest BCUT2D eigenvalue weighted by Crippen LogP contribution is -2.47. The minimum atomic E-state index is -0.387. The van der Waals surface area contributed by atoms with E-state index in [4.69, 9.17) is 4.74 Å². The lowest BCUT2D eigenvalue weighted by Gasteiger charge is -2.36. The number of aliphatic hydroxyl groups excluding tert-OH is 1. The van der Waals surface area contributed by atoms with Crippen LogP contribution in [0.5, 0.6) is 0 Å². The fourth-order valence-electron chi connectivity index (χ4n) is 2.68. The number of morpholine rings is 1.